The smallest absolute Gasteiger partial charge is 0.303 e. The van der Waals surface area contributed by atoms with Gasteiger partial charge in [0.2, 0.25) is 0 Å². The van der Waals surface area contributed by atoms with Crippen molar-refractivity contribution in [1.29, 1.82) is 0 Å². The quantitative estimate of drug-likeness (QED) is 0.234. The van der Waals surface area contributed by atoms with Crippen LogP contribution in [0.1, 0.15) is 35.6 Å². The van der Waals surface area contributed by atoms with E-state index < -0.39 is 12.0 Å². The van der Waals surface area contributed by atoms with E-state index in [1.807, 2.05) is 31.2 Å². The van der Waals surface area contributed by atoms with E-state index in [1.54, 1.807) is 47.3 Å². The molecule has 3 aromatic carbocycles. The lowest BCUT2D eigenvalue weighted by Crippen LogP contribution is -2.37. The number of hydrogen-bond acceptors (Lipinski definition) is 7. The average molecular weight is 576 g/mol. The van der Waals surface area contributed by atoms with Crippen molar-refractivity contribution in [3.8, 4) is 17.2 Å². The van der Waals surface area contributed by atoms with Gasteiger partial charge in [-0.05, 0) is 55.2 Å². The molecule has 0 bridgehead atoms. The number of carbonyl (C=O) groups is 2. The second-order valence-electron chi connectivity index (χ2n) is 9.74. The lowest BCUT2D eigenvalue weighted by Gasteiger charge is -2.28. The van der Waals surface area contributed by atoms with Gasteiger partial charge in [0.05, 0.1) is 19.4 Å². The molecule has 1 aromatic heterocycles. The second kappa shape index (κ2) is 12.3. The third-order valence-corrected chi connectivity index (χ3v) is 7.08. The summed E-state index contributed by atoms with van der Waals surface area (Å²) in [6, 6.07) is 15.8. The van der Waals surface area contributed by atoms with E-state index in [2.05, 4.69) is 21.5 Å². The molecule has 212 valence electrons. The molecule has 5 rings (SSSR count). The minimum absolute atomic E-state index is 0.0324. The number of aromatic nitrogens is 3. The van der Waals surface area contributed by atoms with Gasteiger partial charge in [0, 0.05) is 47.1 Å². The monoisotopic (exact) mass is 575 g/mol. The Morgan fingerprint density at radius 3 is 2.76 bits per heavy atom. The van der Waals surface area contributed by atoms with Crippen LogP contribution in [0.3, 0.4) is 0 Å². The van der Waals surface area contributed by atoms with Gasteiger partial charge < -0.3 is 24.8 Å². The highest BCUT2D eigenvalue weighted by atomic mass is 35.5. The number of hydrogen-bond donors (Lipinski definition) is 2. The maximum atomic E-state index is 14.4. The molecule has 11 heteroatoms. The van der Waals surface area contributed by atoms with Crippen LogP contribution in [0.15, 0.2) is 67.3 Å². The molecule has 0 radical (unpaired) electrons. The molecule has 2 N–H and O–H groups in total. The molecule has 2 heterocycles. The minimum atomic E-state index is -0.904. The zero-order valence-corrected chi connectivity index (χ0v) is 23.5. The van der Waals surface area contributed by atoms with Crippen molar-refractivity contribution in [3.05, 3.63) is 89.0 Å². The zero-order chi connectivity index (χ0) is 28.9. The fraction of sp³-hybridized carbons (Fsp3) is 0.267. The van der Waals surface area contributed by atoms with Crippen molar-refractivity contribution in [3.63, 3.8) is 0 Å². The van der Waals surface area contributed by atoms with Crippen LogP contribution >= 0.6 is 11.6 Å². The van der Waals surface area contributed by atoms with E-state index >= 15 is 0 Å². The molecule has 1 aliphatic rings. The molecule has 1 atom stereocenters. The van der Waals surface area contributed by atoms with Crippen molar-refractivity contribution in [1.82, 2.24) is 14.8 Å². The number of aryl methyl sites for hydroxylation is 1. The predicted octanol–water partition coefficient (Wildman–Crippen LogP) is 5.22. The molecule has 4 aromatic rings. The number of aliphatic carboxylic acids is 1. The molecule has 1 amide bonds. The highest BCUT2D eigenvalue weighted by Gasteiger charge is 2.33. The van der Waals surface area contributed by atoms with E-state index in [4.69, 9.17) is 26.2 Å². The summed E-state index contributed by atoms with van der Waals surface area (Å²) in [4.78, 5) is 31.2. The van der Waals surface area contributed by atoms with E-state index in [9.17, 15) is 9.59 Å². The van der Waals surface area contributed by atoms with Crippen molar-refractivity contribution in [2.24, 2.45) is 0 Å². The molecule has 0 aliphatic carbocycles. The first-order valence-corrected chi connectivity index (χ1v) is 13.6. The van der Waals surface area contributed by atoms with Crippen molar-refractivity contribution >= 4 is 34.9 Å². The van der Waals surface area contributed by atoms with Crippen LogP contribution in [0.5, 0.6) is 11.5 Å². The normalized spacial score (nSPS) is 13.0. The van der Waals surface area contributed by atoms with Crippen LogP contribution in [0.2, 0.25) is 5.02 Å². The molecule has 41 heavy (non-hydrogen) atoms. The van der Waals surface area contributed by atoms with E-state index in [0.717, 1.165) is 23.2 Å². The summed E-state index contributed by atoms with van der Waals surface area (Å²) in [6.07, 6.45) is 4.04. The molecule has 10 nitrogen and oxygen atoms in total. The molecule has 1 unspecified atom stereocenters. The third kappa shape index (κ3) is 6.44. The summed E-state index contributed by atoms with van der Waals surface area (Å²) in [5.74, 6) is -0.108. The number of amides is 1. The summed E-state index contributed by atoms with van der Waals surface area (Å²) >= 11 is 6.33. The van der Waals surface area contributed by atoms with Gasteiger partial charge in [-0.2, -0.15) is 5.10 Å². The highest BCUT2D eigenvalue weighted by Crippen LogP contribution is 2.37. The summed E-state index contributed by atoms with van der Waals surface area (Å²) in [5, 5.41) is 17.1. The Morgan fingerprint density at radius 1 is 1.15 bits per heavy atom. The van der Waals surface area contributed by atoms with Crippen LogP contribution in [0, 0.1) is 6.92 Å². The zero-order valence-electron chi connectivity index (χ0n) is 22.7. The van der Waals surface area contributed by atoms with Crippen LogP contribution in [-0.4, -0.2) is 52.0 Å². The maximum Gasteiger partial charge on any atom is 0.303 e. The van der Waals surface area contributed by atoms with Gasteiger partial charge in [-0.1, -0.05) is 29.8 Å². The topological polar surface area (TPSA) is 119 Å². The van der Waals surface area contributed by atoms with Crippen LogP contribution in [-0.2, 0) is 16.0 Å². The van der Waals surface area contributed by atoms with E-state index in [0.29, 0.717) is 46.4 Å². The van der Waals surface area contributed by atoms with Gasteiger partial charge in [0.15, 0.2) is 0 Å². The first kappa shape index (κ1) is 28.0. The Morgan fingerprint density at radius 2 is 2.00 bits per heavy atom. The molecular formula is C30H30ClN5O5. The van der Waals surface area contributed by atoms with Crippen molar-refractivity contribution in [2.75, 3.05) is 30.5 Å². The number of nitrogens with zero attached hydrogens (tertiary/aromatic N) is 4. The number of benzene rings is 3. The average Bonchev–Trinajstić information content (AvgIpc) is 3.64. The number of carboxylic acids is 1. The van der Waals surface area contributed by atoms with Crippen molar-refractivity contribution < 1.29 is 24.2 Å². The van der Waals surface area contributed by atoms with E-state index in [-0.39, 0.29) is 18.9 Å². The fourth-order valence-corrected chi connectivity index (χ4v) is 5.01. The SMILES string of the molecule is COc1cc(NC(C(=O)N2CCc3ccc(C)cc32)c2ccc(Cl)cc2OCCCC(=O)O)cc(-n2cncn2)c1. The summed E-state index contributed by atoms with van der Waals surface area (Å²) in [6.45, 7) is 2.70. The van der Waals surface area contributed by atoms with Crippen LogP contribution < -0.4 is 19.7 Å². The Hall–Kier alpha value is -4.57. The standard InChI is InChI=1S/C30H30ClN5O5/c1-19-5-6-20-9-10-35(26(20)12-19)30(39)29(25-8-7-21(31)13-27(25)41-11-3-4-28(37)38)34-22-14-23(16-24(15-22)40-2)36-18-32-17-33-36/h5-8,12-18,29,34H,3-4,9-11H2,1-2H3,(H,37,38). The number of anilines is 2. The Balaban J connectivity index is 1.55. The number of rotatable bonds is 11. The molecule has 0 spiro atoms. The van der Waals surface area contributed by atoms with Gasteiger partial charge in [-0.15, -0.1) is 0 Å². The van der Waals surface area contributed by atoms with Gasteiger partial charge in [0.1, 0.15) is 30.2 Å². The fourth-order valence-electron chi connectivity index (χ4n) is 4.85. The van der Waals surface area contributed by atoms with Gasteiger partial charge in [-0.3, -0.25) is 9.59 Å². The third-order valence-electron chi connectivity index (χ3n) is 6.85. The lowest BCUT2D eigenvalue weighted by molar-refractivity contribution is -0.137. The number of halogens is 1. The number of nitrogens with one attached hydrogen (secondary N) is 1. The summed E-state index contributed by atoms with van der Waals surface area (Å²) < 4.78 is 13.1. The van der Waals surface area contributed by atoms with Crippen molar-refractivity contribution in [2.45, 2.75) is 32.2 Å². The predicted molar refractivity (Wildman–Crippen MR) is 155 cm³/mol. The molecule has 1 aliphatic heterocycles. The Labute approximate surface area is 242 Å². The lowest BCUT2D eigenvalue weighted by atomic mass is 10.0. The second-order valence-corrected chi connectivity index (χ2v) is 10.2. The van der Waals surface area contributed by atoms with E-state index in [1.165, 1.54) is 6.33 Å². The molecular weight excluding hydrogens is 546 g/mol. The maximum absolute atomic E-state index is 14.4. The minimum Gasteiger partial charge on any atom is -0.497 e. The first-order chi connectivity index (χ1) is 19.8. The highest BCUT2D eigenvalue weighted by molar-refractivity contribution is 6.30. The Bertz CT molecular complexity index is 1560. The number of methoxy groups -OCH3 is 1. The summed E-state index contributed by atoms with van der Waals surface area (Å²) in [5.41, 5.74) is 4.93. The molecule has 0 saturated heterocycles. The number of ether oxygens (including phenoxy) is 2. The van der Waals surface area contributed by atoms with Gasteiger partial charge in [-0.25, -0.2) is 9.67 Å². The van der Waals surface area contributed by atoms with Crippen LogP contribution in [0.25, 0.3) is 5.69 Å². The largest absolute Gasteiger partial charge is 0.497 e. The number of carbonyl (C=O) groups excluding carboxylic acids is 1. The first-order valence-electron chi connectivity index (χ1n) is 13.2. The number of fused-ring (bicyclic) bond motifs is 1. The number of carboxylic acid groups (broad SMARTS) is 1. The van der Waals surface area contributed by atoms with Crippen LogP contribution in [0.4, 0.5) is 11.4 Å². The van der Waals surface area contributed by atoms with Gasteiger partial charge >= 0.3 is 5.97 Å². The Kier molecular flexibility index (Phi) is 8.39. The van der Waals surface area contributed by atoms with Gasteiger partial charge in [0.25, 0.3) is 5.91 Å². The molecule has 0 saturated carbocycles. The summed E-state index contributed by atoms with van der Waals surface area (Å²) in [7, 11) is 1.57. The molecule has 0 fully saturated rings.